The molecule has 3 heterocycles. The van der Waals surface area contributed by atoms with Crippen LogP contribution in [0.4, 0.5) is 14.5 Å². The van der Waals surface area contributed by atoms with Gasteiger partial charge in [-0.1, -0.05) is 6.07 Å². The Morgan fingerprint density at radius 1 is 1.09 bits per heavy atom. The lowest BCUT2D eigenvalue weighted by molar-refractivity contribution is -0.118. The van der Waals surface area contributed by atoms with Crippen LogP contribution in [0, 0.1) is 17.6 Å². The summed E-state index contributed by atoms with van der Waals surface area (Å²) in [5, 5.41) is 2.56. The summed E-state index contributed by atoms with van der Waals surface area (Å²) in [7, 11) is 0. The minimum atomic E-state index is -0.717. The van der Waals surface area contributed by atoms with Gasteiger partial charge in [-0.25, -0.2) is 8.78 Å². The summed E-state index contributed by atoms with van der Waals surface area (Å²) in [5.74, 6) is -1.72. The molecule has 5 rings (SSSR count). The van der Waals surface area contributed by atoms with E-state index in [1.807, 2.05) is 0 Å². The highest BCUT2D eigenvalue weighted by molar-refractivity contribution is 6.00. The van der Waals surface area contributed by atoms with Crippen molar-refractivity contribution in [3.63, 3.8) is 0 Å². The molecular formula is C24H19F2N3O4. The van der Waals surface area contributed by atoms with Crippen LogP contribution < -0.4 is 14.8 Å². The van der Waals surface area contributed by atoms with Crippen LogP contribution in [0.15, 0.2) is 54.9 Å². The van der Waals surface area contributed by atoms with E-state index in [1.54, 1.807) is 36.7 Å². The molecular weight excluding hydrogens is 432 g/mol. The monoisotopic (exact) mass is 451 g/mol. The summed E-state index contributed by atoms with van der Waals surface area (Å²) >= 11 is 0. The Kier molecular flexibility index (Phi) is 5.37. The molecule has 2 aromatic carbocycles. The Bertz CT molecular complexity index is 1230. The van der Waals surface area contributed by atoms with E-state index in [1.165, 1.54) is 17.0 Å². The van der Waals surface area contributed by atoms with Crippen molar-refractivity contribution in [3.8, 4) is 22.6 Å². The van der Waals surface area contributed by atoms with Gasteiger partial charge in [0, 0.05) is 37.5 Å². The van der Waals surface area contributed by atoms with Crippen LogP contribution in [0.3, 0.4) is 0 Å². The summed E-state index contributed by atoms with van der Waals surface area (Å²) in [6.07, 6.45) is 3.28. The van der Waals surface area contributed by atoms with Crippen LogP contribution in [0.5, 0.6) is 11.5 Å². The summed E-state index contributed by atoms with van der Waals surface area (Å²) in [6, 6.07) is 10.7. The molecule has 7 nitrogen and oxygen atoms in total. The molecule has 0 radical (unpaired) electrons. The quantitative estimate of drug-likeness (QED) is 0.642. The highest BCUT2D eigenvalue weighted by Gasteiger charge is 2.34. The first kappa shape index (κ1) is 20.9. The number of carbonyl (C=O) groups is 2. The molecule has 0 unspecified atom stereocenters. The minimum Gasteiger partial charge on any atom is -0.490 e. The maximum absolute atomic E-state index is 14.5. The Labute approximate surface area is 187 Å². The number of halogens is 2. The molecule has 168 valence electrons. The molecule has 9 heteroatoms. The van der Waals surface area contributed by atoms with Gasteiger partial charge in [0.25, 0.3) is 11.8 Å². The number of ether oxygens (including phenoxy) is 2. The van der Waals surface area contributed by atoms with Crippen molar-refractivity contribution in [2.24, 2.45) is 5.92 Å². The zero-order valence-electron chi connectivity index (χ0n) is 17.4. The molecule has 0 bridgehead atoms. The summed E-state index contributed by atoms with van der Waals surface area (Å²) in [4.78, 5) is 29.6. The number of amides is 2. The number of hydrogen-bond acceptors (Lipinski definition) is 5. The van der Waals surface area contributed by atoms with Crippen LogP contribution in [0.1, 0.15) is 10.4 Å². The lowest BCUT2D eigenvalue weighted by Gasteiger charge is -2.39. The third-order valence-corrected chi connectivity index (χ3v) is 5.60. The van der Waals surface area contributed by atoms with E-state index in [0.717, 1.165) is 17.2 Å². The van der Waals surface area contributed by atoms with Crippen LogP contribution in [-0.2, 0) is 4.79 Å². The van der Waals surface area contributed by atoms with Gasteiger partial charge in [0.15, 0.2) is 18.2 Å². The fourth-order valence-corrected chi connectivity index (χ4v) is 3.83. The fraction of sp³-hybridized carbons (Fsp3) is 0.208. The van der Waals surface area contributed by atoms with Crippen molar-refractivity contribution in [1.82, 2.24) is 9.88 Å². The van der Waals surface area contributed by atoms with Crippen LogP contribution in [0.2, 0.25) is 0 Å². The zero-order valence-corrected chi connectivity index (χ0v) is 17.4. The van der Waals surface area contributed by atoms with Gasteiger partial charge >= 0.3 is 0 Å². The summed E-state index contributed by atoms with van der Waals surface area (Å²) in [6.45, 7) is 0.746. The largest absolute Gasteiger partial charge is 0.490 e. The number of fused-ring (bicyclic) bond motifs is 1. The van der Waals surface area contributed by atoms with Crippen molar-refractivity contribution in [3.05, 3.63) is 72.1 Å². The summed E-state index contributed by atoms with van der Waals surface area (Å²) in [5.41, 5.74) is 1.69. The smallest absolute Gasteiger partial charge is 0.262 e. The Morgan fingerprint density at radius 3 is 2.64 bits per heavy atom. The highest BCUT2D eigenvalue weighted by Crippen LogP contribution is 2.32. The van der Waals surface area contributed by atoms with E-state index in [0.29, 0.717) is 13.1 Å². The molecule has 0 spiro atoms. The predicted octanol–water partition coefficient (Wildman–Crippen LogP) is 3.51. The van der Waals surface area contributed by atoms with Crippen LogP contribution in [-0.4, -0.2) is 48.0 Å². The van der Waals surface area contributed by atoms with Gasteiger partial charge in [-0.05, 0) is 41.5 Å². The normalized spacial score (nSPS) is 15.2. The molecule has 0 atom stereocenters. The van der Waals surface area contributed by atoms with Gasteiger partial charge in [-0.3, -0.25) is 14.6 Å². The molecule has 1 saturated heterocycles. The van der Waals surface area contributed by atoms with Gasteiger partial charge in [-0.15, -0.1) is 0 Å². The second-order valence-corrected chi connectivity index (χ2v) is 7.93. The van der Waals surface area contributed by atoms with Gasteiger partial charge in [0.05, 0.1) is 17.9 Å². The van der Waals surface area contributed by atoms with E-state index in [-0.39, 0.29) is 47.8 Å². The molecule has 2 aliphatic rings. The minimum absolute atomic E-state index is 0.00283. The molecule has 1 aromatic heterocycles. The first-order valence-corrected chi connectivity index (χ1v) is 10.4. The van der Waals surface area contributed by atoms with Gasteiger partial charge < -0.3 is 19.7 Å². The third-order valence-electron chi connectivity index (χ3n) is 5.60. The van der Waals surface area contributed by atoms with E-state index >= 15 is 0 Å². The second-order valence-electron chi connectivity index (χ2n) is 7.93. The second kappa shape index (κ2) is 8.50. The Morgan fingerprint density at radius 2 is 1.88 bits per heavy atom. The molecule has 0 aliphatic carbocycles. The highest BCUT2D eigenvalue weighted by atomic mass is 19.1. The van der Waals surface area contributed by atoms with E-state index < -0.39 is 17.5 Å². The number of aromatic nitrogens is 1. The number of pyridine rings is 1. The number of benzene rings is 2. The average molecular weight is 451 g/mol. The first-order valence-electron chi connectivity index (χ1n) is 10.4. The number of rotatable bonds is 5. The summed E-state index contributed by atoms with van der Waals surface area (Å²) < 4.78 is 39.6. The molecule has 33 heavy (non-hydrogen) atoms. The number of nitrogens with zero attached hydrogens (tertiary/aromatic N) is 2. The van der Waals surface area contributed by atoms with Crippen molar-refractivity contribution in [2.45, 2.75) is 0 Å². The Hall–Kier alpha value is -4.01. The number of anilines is 1. The molecule has 2 amide bonds. The van der Waals surface area contributed by atoms with Crippen molar-refractivity contribution in [1.29, 1.82) is 0 Å². The molecule has 2 aliphatic heterocycles. The standard InChI is InChI=1S/C24H19F2N3O4/c25-18-9-22-20(28-23(30)13-33-22)8-17(18)24(31)29-10-14(11-29)12-32-21-2-1-16(7-19(21)26)15-3-5-27-6-4-15/h1-9,14H,10-13H2,(H,28,30). The lowest BCUT2D eigenvalue weighted by Crippen LogP contribution is -2.52. The maximum atomic E-state index is 14.5. The molecule has 1 N–H and O–H groups in total. The zero-order chi connectivity index (χ0) is 22.9. The first-order chi connectivity index (χ1) is 16.0. The van der Waals surface area contributed by atoms with Crippen LogP contribution in [0.25, 0.3) is 11.1 Å². The fourth-order valence-electron chi connectivity index (χ4n) is 3.83. The maximum Gasteiger partial charge on any atom is 0.262 e. The number of nitrogens with one attached hydrogen (secondary N) is 1. The third kappa shape index (κ3) is 4.21. The van der Waals surface area contributed by atoms with Gasteiger partial charge in [0.2, 0.25) is 0 Å². The van der Waals surface area contributed by atoms with Crippen molar-refractivity contribution >= 4 is 17.5 Å². The van der Waals surface area contributed by atoms with E-state index in [2.05, 4.69) is 10.3 Å². The van der Waals surface area contributed by atoms with Gasteiger partial charge in [0.1, 0.15) is 11.6 Å². The number of hydrogen-bond donors (Lipinski definition) is 1. The van der Waals surface area contributed by atoms with Crippen molar-refractivity contribution < 1.29 is 27.8 Å². The SMILES string of the molecule is O=C1COc2cc(F)c(C(=O)N3CC(COc4ccc(-c5ccncc5)cc4F)C3)cc2N1. The topological polar surface area (TPSA) is 80.8 Å². The lowest BCUT2D eigenvalue weighted by atomic mass is 9.99. The molecule has 0 saturated carbocycles. The molecule has 3 aromatic rings. The van der Waals surface area contributed by atoms with Crippen LogP contribution >= 0.6 is 0 Å². The number of carbonyl (C=O) groups excluding carboxylic acids is 2. The predicted molar refractivity (Wildman–Crippen MR) is 115 cm³/mol. The van der Waals surface area contributed by atoms with Gasteiger partial charge in [-0.2, -0.15) is 0 Å². The molecule has 1 fully saturated rings. The van der Waals surface area contributed by atoms with E-state index in [4.69, 9.17) is 9.47 Å². The van der Waals surface area contributed by atoms with Crippen molar-refractivity contribution in [2.75, 3.05) is 31.6 Å². The average Bonchev–Trinajstić information content (AvgIpc) is 2.79. The van der Waals surface area contributed by atoms with E-state index in [9.17, 15) is 18.4 Å². The number of likely N-dealkylation sites (tertiary alicyclic amines) is 1. The Balaban J connectivity index is 1.18.